The molecule has 47 heavy (non-hydrogen) atoms. The SMILES string of the molecule is CC(C)(C)[S+]([O-])NC(CCC1CC1)(c1cccc(C#N)c1)c1ccc(F)c(NC(=O)C2CC(O)CN2C(=O)Nc2ccc(Cl)cc2)c1. The molecular formula is C35H39ClFN5O4S. The van der Waals surface area contributed by atoms with Gasteiger partial charge in [-0.1, -0.05) is 42.6 Å². The van der Waals surface area contributed by atoms with Crippen LogP contribution in [0.4, 0.5) is 20.6 Å². The Hall–Kier alpha value is -3.66. The molecule has 0 aromatic heterocycles. The normalized spacial score (nSPS) is 19.8. The second-order valence-corrected chi connectivity index (χ2v) is 15.6. The molecule has 2 aliphatic rings. The summed E-state index contributed by atoms with van der Waals surface area (Å²) in [6.07, 6.45) is 2.53. The van der Waals surface area contributed by atoms with E-state index in [-0.39, 0.29) is 18.7 Å². The van der Waals surface area contributed by atoms with Crippen LogP contribution in [-0.2, 0) is 21.7 Å². The molecule has 3 amide bonds. The van der Waals surface area contributed by atoms with Gasteiger partial charge in [0.2, 0.25) is 5.91 Å². The van der Waals surface area contributed by atoms with Crippen LogP contribution in [0.3, 0.4) is 0 Å². The molecule has 12 heteroatoms. The topological polar surface area (TPSA) is 141 Å². The van der Waals surface area contributed by atoms with Gasteiger partial charge in [-0.05, 0) is 99.2 Å². The maximum Gasteiger partial charge on any atom is 0.322 e. The van der Waals surface area contributed by atoms with Gasteiger partial charge in [-0.3, -0.25) is 4.79 Å². The fourth-order valence-electron chi connectivity index (χ4n) is 5.73. The maximum absolute atomic E-state index is 15.5. The summed E-state index contributed by atoms with van der Waals surface area (Å²) in [5, 5.41) is 26.0. The number of carbonyl (C=O) groups is 2. The zero-order valence-electron chi connectivity index (χ0n) is 26.6. The molecule has 3 aromatic rings. The van der Waals surface area contributed by atoms with E-state index in [9.17, 15) is 24.5 Å². The van der Waals surface area contributed by atoms with Crippen molar-refractivity contribution in [3.05, 3.63) is 94.3 Å². The van der Waals surface area contributed by atoms with E-state index in [1.165, 1.54) is 17.0 Å². The predicted octanol–water partition coefficient (Wildman–Crippen LogP) is 6.44. The molecule has 4 unspecified atom stereocenters. The number of nitrogens with zero attached hydrogens (tertiary/aromatic N) is 2. The molecular weight excluding hydrogens is 641 g/mol. The smallest absolute Gasteiger partial charge is 0.322 e. The Morgan fingerprint density at radius 2 is 1.79 bits per heavy atom. The summed E-state index contributed by atoms with van der Waals surface area (Å²) >= 11 is 4.38. The minimum Gasteiger partial charge on any atom is -0.598 e. The van der Waals surface area contributed by atoms with Crippen LogP contribution in [0.1, 0.15) is 69.6 Å². The Kier molecular flexibility index (Phi) is 10.5. The lowest BCUT2D eigenvalue weighted by Gasteiger charge is -2.39. The van der Waals surface area contributed by atoms with E-state index >= 15 is 4.39 Å². The third kappa shape index (κ3) is 8.26. The number of benzene rings is 3. The van der Waals surface area contributed by atoms with E-state index in [0.717, 1.165) is 19.3 Å². The number of likely N-dealkylation sites (tertiary alicyclic amines) is 1. The summed E-state index contributed by atoms with van der Waals surface area (Å²) in [5.41, 5.74) is 0.932. The van der Waals surface area contributed by atoms with Gasteiger partial charge in [0.1, 0.15) is 22.1 Å². The molecule has 1 saturated carbocycles. The first-order valence-corrected chi connectivity index (χ1v) is 17.1. The van der Waals surface area contributed by atoms with Gasteiger partial charge in [-0.2, -0.15) is 5.26 Å². The van der Waals surface area contributed by atoms with E-state index in [1.807, 2.05) is 26.8 Å². The first kappa shape index (κ1) is 34.7. The molecule has 1 aliphatic carbocycles. The van der Waals surface area contributed by atoms with Crippen LogP contribution >= 0.6 is 11.6 Å². The minimum atomic E-state index is -1.57. The number of nitrogens with one attached hydrogen (secondary N) is 3. The standard InChI is InChI=1S/C35H39ClFN5O4S/c1-34(2,3)47(46)41-35(16-15-22-7-8-22,24-6-4-5-23(17-24)20-38)25-9-14-29(37)30(18-25)40-32(44)31-19-28(43)21-42(31)33(45)39-27-12-10-26(36)11-13-27/h4-6,9-14,17-18,22,28,31,41,43H,7-8,15-16,19,21H2,1-3H3,(H,39,45)(H,40,44). The Balaban J connectivity index is 1.48. The number of aliphatic hydroxyl groups excluding tert-OH is 1. The van der Waals surface area contributed by atoms with Crippen molar-refractivity contribution in [1.29, 1.82) is 5.26 Å². The molecule has 4 N–H and O–H groups in total. The molecule has 4 atom stereocenters. The Morgan fingerprint density at radius 1 is 1.09 bits per heavy atom. The van der Waals surface area contributed by atoms with Gasteiger partial charge < -0.3 is 25.2 Å². The number of urea groups is 1. The zero-order chi connectivity index (χ0) is 33.9. The molecule has 3 aromatic carbocycles. The molecule has 0 radical (unpaired) electrons. The summed E-state index contributed by atoms with van der Waals surface area (Å²) in [7, 11) is 0. The fourth-order valence-corrected chi connectivity index (χ4v) is 6.82. The van der Waals surface area contributed by atoms with Gasteiger partial charge in [0.05, 0.1) is 23.4 Å². The van der Waals surface area contributed by atoms with Crippen molar-refractivity contribution in [2.45, 2.75) is 75.3 Å². The third-order valence-electron chi connectivity index (χ3n) is 8.59. The highest BCUT2D eigenvalue weighted by Gasteiger charge is 2.44. The van der Waals surface area contributed by atoms with Crippen molar-refractivity contribution in [2.75, 3.05) is 17.2 Å². The molecule has 9 nitrogen and oxygen atoms in total. The molecule has 1 heterocycles. The number of hydrogen-bond acceptors (Lipinski definition) is 6. The van der Waals surface area contributed by atoms with Gasteiger partial charge >= 0.3 is 6.03 Å². The van der Waals surface area contributed by atoms with Crippen molar-refractivity contribution in [3.63, 3.8) is 0 Å². The summed E-state index contributed by atoms with van der Waals surface area (Å²) in [5.74, 6) is -0.849. The van der Waals surface area contributed by atoms with Gasteiger partial charge in [-0.25, -0.2) is 9.18 Å². The van der Waals surface area contributed by atoms with Crippen molar-refractivity contribution in [2.24, 2.45) is 5.92 Å². The van der Waals surface area contributed by atoms with Crippen molar-refractivity contribution in [1.82, 2.24) is 9.62 Å². The van der Waals surface area contributed by atoms with Crippen LogP contribution < -0.4 is 15.4 Å². The molecule has 2 fully saturated rings. The number of halogens is 2. The van der Waals surface area contributed by atoms with Gasteiger partial charge in [0.25, 0.3) is 0 Å². The Morgan fingerprint density at radius 3 is 2.45 bits per heavy atom. The second kappa shape index (κ2) is 14.2. The number of aliphatic hydroxyl groups is 1. The van der Waals surface area contributed by atoms with Gasteiger partial charge in [0.15, 0.2) is 0 Å². The Labute approximate surface area is 282 Å². The largest absolute Gasteiger partial charge is 0.598 e. The van der Waals surface area contributed by atoms with Gasteiger partial charge in [-0.15, -0.1) is 4.72 Å². The van der Waals surface area contributed by atoms with Gasteiger partial charge in [0, 0.05) is 35.0 Å². The molecule has 248 valence electrons. The predicted molar refractivity (Wildman–Crippen MR) is 182 cm³/mol. The first-order valence-electron chi connectivity index (χ1n) is 15.6. The summed E-state index contributed by atoms with van der Waals surface area (Å²) in [6.45, 7) is 5.49. The average Bonchev–Trinajstić information content (AvgIpc) is 3.79. The average molecular weight is 680 g/mol. The lowest BCUT2D eigenvalue weighted by molar-refractivity contribution is -0.119. The van der Waals surface area contributed by atoms with Crippen LogP contribution in [0.2, 0.25) is 5.02 Å². The van der Waals surface area contributed by atoms with E-state index < -0.39 is 51.5 Å². The monoisotopic (exact) mass is 679 g/mol. The number of hydrogen-bond donors (Lipinski definition) is 4. The quantitative estimate of drug-likeness (QED) is 0.182. The molecule has 0 bridgehead atoms. The summed E-state index contributed by atoms with van der Waals surface area (Å²) in [6, 6.07) is 18.4. The van der Waals surface area contributed by atoms with Crippen LogP contribution in [-0.4, -0.2) is 49.9 Å². The lowest BCUT2D eigenvalue weighted by Crippen LogP contribution is -2.52. The fraction of sp³-hybridized carbons (Fsp3) is 0.400. The molecule has 1 aliphatic heterocycles. The van der Waals surface area contributed by atoms with Crippen molar-refractivity contribution >= 4 is 46.3 Å². The lowest BCUT2D eigenvalue weighted by atomic mass is 9.79. The number of nitriles is 1. The first-order chi connectivity index (χ1) is 22.3. The molecule has 0 spiro atoms. The van der Waals surface area contributed by atoms with E-state index in [2.05, 4.69) is 21.4 Å². The zero-order valence-corrected chi connectivity index (χ0v) is 28.1. The number of carbonyl (C=O) groups excluding carboxylic acids is 2. The highest BCUT2D eigenvalue weighted by atomic mass is 35.5. The van der Waals surface area contributed by atoms with Crippen molar-refractivity contribution < 1.29 is 23.6 Å². The van der Waals surface area contributed by atoms with Crippen LogP contribution in [0.15, 0.2) is 66.7 Å². The maximum atomic E-state index is 15.5. The summed E-state index contributed by atoms with van der Waals surface area (Å²) < 4.78 is 31.9. The second-order valence-electron chi connectivity index (χ2n) is 13.2. The van der Waals surface area contributed by atoms with Crippen LogP contribution in [0.5, 0.6) is 0 Å². The number of rotatable bonds is 10. The number of anilines is 2. The molecule has 1 saturated heterocycles. The highest BCUT2D eigenvalue weighted by molar-refractivity contribution is 7.90. The van der Waals surface area contributed by atoms with Crippen molar-refractivity contribution in [3.8, 4) is 6.07 Å². The Bertz CT molecular complexity index is 1660. The van der Waals surface area contributed by atoms with E-state index in [1.54, 1.807) is 48.5 Å². The van der Waals surface area contributed by atoms with Crippen LogP contribution in [0, 0.1) is 23.1 Å². The van der Waals surface area contributed by atoms with E-state index in [4.69, 9.17) is 11.6 Å². The molecule has 5 rings (SSSR count). The minimum absolute atomic E-state index is 0.0282. The number of amides is 3. The van der Waals surface area contributed by atoms with Crippen LogP contribution in [0.25, 0.3) is 0 Å². The number of β-amino-alcohol motifs (C(OH)–C–C–N with tert-alkyl or cyclic N) is 1. The third-order valence-corrected chi connectivity index (χ3v) is 10.5. The summed E-state index contributed by atoms with van der Waals surface area (Å²) in [4.78, 5) is 28.0. The highest BCUT2D eigenvalue weighted by Crippen LogP contribution is 2.43. The van der Waals surface area contributed by atoms with E-state index in [0.29, 0.717) is 39.7 Å².